The van der Waals surface area contributed by atoms with Crippen LogP contribution in [0.4, 0.5) is 4.79 Å². The molecule has 0 aromatic heterocycles. The number of hydrogen-bond donors (Lipinski definition) is 0. The van der Waals surface area contributed by atoms with E-state index in [-0.39, 0.29) is 18.4 Å². The fourth-order valence-electron chi connectivity index (χ4n) is 1.93. The average Bonchev–Trinajstić information content (AvgIpc) is 2.68. The van der Waals surface area contributed by atoms with Crippen LogP contribution in [0.25, 0.3) is 0 Å². The second-order valence-corrected chi connectivity index (χ2v) is 4.27. The first-order chi connectivity index (χ1) is 8.02. The SMILES string of the molecule is CCC[C@H]1COC(=O)N1C(=O)[C@H](C)C(=O)CC. The van der Waals surface area contributed by atoms with E-state index < -0.39 is 17.9 Å². The minimum atomic E-state index is -0.759. The molecule has 17 heavy (non-hydrogen) atoms. The van der Waals surface area contributed by atoms with Crippen LogP contribution in [0.15, 0.2) is 0 Å². The van der Waals surface area contributed by atoms with Crippen LogP contribution in [-0.2, 0) is 14.3 Å². The molecule has 0 N–H and O–H groups in total. The molecule has 1 saturated heterocycles. The number of hydrogen-bond acceptors (Lipinski definition) is 4. The molecule has 0 aromatic carbocycles. The minimum Gasteiger partial charge on any atom is -0.447 e. The molecule has 2 amide bonds. The first-order valence-corrected chi connectivity index (χ1v) is 6.05. The van der Waals surface area contributed by atoms with E-state index in [9.17, 15) is 14.4 Å². The van der Waals surface area contributed by atoms with E-state index in [1.165, 1.54) is 0 Å². The van der Waals surface area contributed by atoms with Gasteiger partial charge in [0.25, 0.3) is 0 Å². The Balaban J connectivity index is 2.78. The number of Topliss-reactive ketones (excluding diaryl/α,β-unsaturated/α-hetero) is 1. The molecule has 1 aliphatic heterocycles. The zero-order valence-corrected chi connectivity index (χ0v) is 10.6. The van der Waals surface area contributed by atoms with E-state index in [4.69, 9.17) is 4.74 Å². The number of rotatable bonds is 5. The van der Waals surface area contributed by atoms with Crippen molar-refractivity contribution >= 4 is 17.8 Å². The number of carbonyl (C=O) groups excluding carboxylic acids is 3. The lowest BCUT2D eigenvalue weighted by atomic mass is 10.0. The van der Waals surface area contributed by atoms with E-state index >= 15 is 0 Å². The zero-order valence-electron chi connectivity index (χ0n) is 10.6. The van der Waals surface area contributed by atoms with Crippen molar-refractivity contribution in [3.63, 3.8) is 0 Å². The number of nitrogens with zero attached hydrogens (tertiary/aromatic N) is 1. The first kappa shape index (κ1) is 13.7. The summed E-state index contributed by atoms with van der Waals surface area (Å²) in [4.78, 5) is 36.1. The van der Waals surface area contributed by atoms with E-state index in [0.29, 0.717) is 12.8 Å². The molecule has 0 aliphatic carbocycles. The van der Waals surface area contributed by atoms with Gasteiger partial charge < -0.3 is 4.74 Å². The second kappa shape index (κ2) is 5.80. The summed E-state index contributed by atoms with van der Waals surface area (Å²) in [5, 5.41) is 0. The molecule has 96 valence electrons. The second-order valence-electron chi connectivity index (χ2n) is 4.27. The Morgan fingerprint density at radius 2 is 2.12 bits per heavy atom. The highest BCUT2D eigenvalue weighted by molar-refractivity contribution is 6.06. The lowest BCUT2D eigenvalue weighted by Gasteiger charge is -2.21. The lowest BCUT2D eigenvalue weighted by molar-refractivity contribution is -0.138. The standard InChI is InChI=1S/C12H19NO4/c1-4-6-9-7-17-12(16)13(9)11(15)8(3)10(14)5-2/h8-9H,4-7H2,1-3H3/t8-,9+/m1/s1. The van der Waals surface area contributed by atoms with Crippen LogP contribution < -0.4 is 0 Å². The predicted molar refractivity (Wildman–Crippen MR) is 61.4 cm³/mol. The van der Waals surface area contributed by atoms with Gasteiger partial charge in [0, 0.05) is 6.42 Å². The van der Waals surface area contributed by atoms with Gasteiger partial charge in [-0.2, -0.15) is 0 Å². The first-order valence-electron chi connectivity index (χ1n) is 6.05. The van der Waals surface area contributed by atoms with Crippen LogP contribution in [0.5, 0.6) is 0 Å². The molecule has 0 radical (unpaired) electrons. The average molecular weight is 241 g/mol. The van der Waals surface area contributed by atoms with Crippen molar-refractivity contribution in [2.75, 3.05) is 6.61 Å². The summed E-state index contributed by atoms with van der Waals surface area (Å²) >= 11 is 0. The van der Waals surface area contributed by atoms with E-state index in [1.54, 1.807) is 13.8 Å². The topological polar surface area (TPSA) is 63.7 Å². The molecule has 0 spiro atoms. The van der Waals surface area contributed by atoms with Crippen LogP contribution in [0.3, 0.4) is 0 Å². The molecule has 2 atom stereocenters. The van der Waals surface area contributed by atoms with E-state index in [1.807, 2.05) is 6.92 Å². The summed E-state index contributed by atoms with van der Waals surface area (Å²) < 4.78 is 4.87. The van der Waals surface area contributed by atoms with Gasteiger partial charge in [0.1, 0.15) is 12.4 Å². The highest BCUT2D eigenvalue weighted by atomic mass is 16.6. The Morgan fingerprint density at radius 3 is 2.65 bits per heavy atom. The number of carbonyl (C=O) groups is 3. The monoisotopic (exact) mass is 241 g/mol. The maximum atomic E-state index is 12.0. The Hall–Kier alpha value is -1.39. The van der Waals surface area contributed by atoms with Crippen molar-refractivity contribution in [3.8, 4) is 0 Å². The summed E-state index contributed by atoms with van der Waals surface area (Å²) in [7, 11) is 0. The van der Waals surface area contributed by atoms with Crippen molar-refractivity contribution in [2.45, 2.75) is 46.1 Å². The highest BCUT2D eigenvalue weighted by Gasteiger charge is 2.40. The number of ketones is 1. The molecule has 0 unspecified atom stereocenters. The summed E-state index contributed by atoms with van der Waals surface area (Å²) in [6.07, 6.45) is 1.25. The number of amides is 2. The Labute approximate surface area is 101 Å². The smallest absolute Gasteiger partial charge is 0.416 e. The maximum absolute atomic E-state index is 12.0. The molecule has 1 fully saturated rings. The van der Waals surface area contributed by atoms with E-state index in [2.05, 4.69) is 0 Å². The van der Waals surface area contributed by atoms with Crippen molar-refractivity contribution in [3.05, 3.63) is 0 Å². The number of ether oxygens (including phenoxy) is 1. The van der Waals surface area contributed by atoms with Gasteiger partial charge in [-0.05, 0) is 13.3 Å². The quantitative estimate of drug-likeness (QED) is 0.688. The largest absolute Gasteiger partial charge is 0.447 e. The third kappa shape index (κ3) is 2.84. The molecule has 1 heterocycles. The molecular weight excluding hydrogens is 222 g/mol. The maximum Gasteiger partial charge on any atom is 0.416 e. The zero-order chi connectivity index (χ0) is 13.0. The van der Waals surface area contributed by atoms with Crippen molar-refractivity contribution < 1.29 is 19.1 Å². The van der Waals surface area contributed by atoms with Gasteiger partial charge in [0.2, 0.25) is 5.91 Å². The molecular formula is C12H19NO4. The third-order valence-electron chi connectivity index (χ3n) is 3.02. The van der Waals surface area contributed by atoms with Crippen molar-refractivity contribution in [1.29, 1.82) is 0 Å². The summed E-state index contributed by atoms with van der Waals surface area (Å²) in [5.74, 6) is -1.34. The summed E-state index contributed by atoms with van der Waals surface area (Å²) in [6, 6.07) is -0.216. The van der Waals surface area contributed by atoms with Crippen LogP contribution in [0, 0.1) is 5.92 Å². The van der Waals surface area contributed by atoms with Gasteiger partial charge in [-0.1, -0.05) is 20.3 Å². The third-order valence-corrected chi connectivity index (χ3v) is 3.02. The summed E-state index contributed by atoms with van der Waals surface area (Å²) in [6.45, 7) is 5.47. The molecule has 5 heteroatoms. The van der Waals surface area contributed by atoms with Gasteiger partial charge in [0.05, 0.1) is 12.0 Å². The lowest BCUT2D eigenvalue weighted by Crippen LogP contribution is -2.43. The fraction of sp³-hybridized carbons (Fsp3) is 0.750. The normalized spacial score (nSPS) is 21.2. The number of imide groups is 1. The predicted octanol–water partition coefficient (Wildman–Crippen LogP) is 1.75. The fourth-order valence-corrected chi connectivity index (χ4v) is 1.93. The molecule has 0 saturated carbocycles. The van der Waals surface area contributed by atoms with Crippen LogP contribution in [0.2, 0.25) is 0 Å². The van der Waals surface area contributed by atoms with Crippen LogP contribution in [-0.4, -0.2) is 35.3 Å². The Morgan fingerprint density at radius 1 is 1.47 bits per heavy atom. The van der Waals surface area contributed by atoms with E-state index in [0.717, 1.165) is 11.3 Å². The Kier molecular flexibility index (Phi) is 4.66. The van der Waals surface area contributed by atoms with Crippen LogP contribution >= 0.6 is 0 Å². The van der Waals surface area contributed by atoms with Gasteiger partial charge in [-0.25, -0.2) is 9.69 Å². The van der Waals surface area contributed by atoms with Gasteiger partial charge >= 0.3 is 6.09 Å². The van der Waals surface area contributed by atoms with Gasteiger partial charge in [-0.3, -0.25) is 9.59 Å². The van der Waals surface area contributed by atoms with Crippen molar-refractivity contribution in [2.24, 2.45) is 5.92 Å². The van der Waals surface area contributed by atoms with Gasteiger partial charge in [-0.15, -0.1) is 0 Å². The highest BCUT2D eigenvalue weighted by Crippen LogP contribution is 2.20. The molecule has 1 rings (SSSR count). The van der Waals surface area contributed by atoms with Crippen molar-refractivity contribution in [1.82, 2.24) is 4.90 Å². The Bertz CT molecular complexity index is 326. The molecule has 0 aromatic rings. The summed E-state index contributed by atoms with van der Waals surface area (Å²) in [5.41, 5.74) is 0. The molecule has 0 bridgehead atoms. The van der Waals surface area contributed by atoms with Gasteiger partial charge in [0.15, 0.2) is 0 Å². The van der Waals surface area contributed by atoms with Crippen LogP contribution in [0.1, 0.15) is 40.0 Å². The molecule has 1 aliphatic rings. The molecule has 5 nitrogen and oxygen atoms in total. The number of cyclic esters (lactones) is 1. The minimum absolute atomic E-state index is 0.148.